The molecule has 0 N–H and O–H groups in total. The van der Waals surface area contributed by atoms with Crippen molar-refractivity contribution in [2.45, 2.75) is 0 Å². The van der Waals surface area contributed by atoms with Gasteiger partial charge in [-0.2, -0.15) is 0 Å². The number of pyridine rings is 1. The molecule has 0 aliphatic rings. The first kappa shape index (κ1) is 11.0. The summed E-state index contributed by atoms with van der Waals surface area (Å²) < 4.78 is 31.7. The Morgan fingerprint density at radius 2 is 1.94 bits per heavy atom. The van der Waals surface area contributed by atoms with Crippen LogP contribution in [-0.4, -0.2) is 4.98 Å². The first-order chi connectivity index (χ1) is 7.66. The summed E-state index contributed by atoms with van der Waals surface area (Å²) in [6.45, 7) is 0. The van der Waals surface area contributed by atoms with Crippen molar-refractivity contribution < 1.29 is 13.5 Å². The Balaban J connectivity index is 2.31. The van der Waals surface area contributed by atoms with E-state index in [1.54, 1.807) is 24.3 Å². The van der Waals surface area contributed by atoms with E-state index in [2.05, 4.69) is 20.9 Å². The Hall–Kier alpha value is -1.49. The first-order valence-electron chi connectivity index (χ1n) is 4.40. The lowest BCUT2D eigenvalue weighted by Gasteiger charge is -2.06. The maximum Gasteiger partial charge on any atom is 0.256 e. The Kier molecular flexibility index (Phi) is 3.14. The van der Waals surface area contributed by atoms with Crippen LogP contribution in [0.5, 0.6) is 11.6 Å². The average Bonchev–Trinajstić information content (AvgIpc) is 2.25. The van der Waals surface area contributed by atoms with Gasteiger partial charge in [-0.3, -0.25) is 0 Å². The van der Waals surface area contributed by atoms with Crippen molar-refractivity contribution >= 4 is 15.9 Å². The van der Waals surface area contributed by atoms with Crippen LogP contribution in [0.25, 0.3) is 0 Å². The maximum atomic E-state index is 13.2. The summed E-state index contributed by atoms with van der Waals surface area (Å²) >= 11 is 3.24. The summed E-state index contributed by atoms with van der Waals surface area (Å²) in [5.74, 6) is -1.42. The van der Waals surface area contributed by atoms with E-state index in [4.69, 9.17) is 4.74 Å². The highest BCUT2D eigenvalue weighted by Gasteiger charge is 2.09. The molecule has 5 heteroatoms. The van der Waals surface area contributed by atoms with Crippen molar-refractivity contribution in [3.05, 3.63) is 52.6 Å². The second-order valence-corrected chi connectivity index (χ2v) is 3.83. The van der Waals surface area contributed by atoms with Crippen LogP contribution in [0.15, 0.2) is 41.0 Å². The fourth-order valence-corrected chi connectivity index (χ4v) is 1.47. The van der Waals surface area contributed by atoms with Gasteiger partial charge in [0.25, 0.3) is 5.88 Å². The Labute approximate surface area is 99.0 Å². The fourth-order valence-electron chi connectivity index (χ4n) is 1.11. The molecule has 0 radical (unpaired) electrons. The van der Waals surface area contributed by atoms with E-state index in [0.717, 1.165) is 12.3 Å². The number of hydrogen-bond donors (Lipinski definition) is 0. The minimum atomic E-state index is -0.837. The molecule has 1 heterocycles. The van der Waals surface area contributed by atoms with Gasteiger partial charge in [-0.25, -0.2) is 13.8 Å². The van der Waals surface area contributed by atoms with Crippen molar-refractivity contribution in [2.24, 2.45) is 0 Å². The SMILES string of the molecule is Fc1cnc(Oc2ccccc2Br)c(F)c1. The molecule has 0 aliphatic heterocycles. The molecule has 82 valence electrons. The van der Waals surface area contributed by atoms with Crippen LogP contribution in [0.2, 0.25) is 0 Å². The summed E-state index contributed by atoms with van der Waals surface area (Å²) in [6.07, 6.45) is 0.898. The summed E-state index contributed by atoms with van der Waals surface area (Å²) in [5.41, 5.74) is 0. The van der Waals surface area contributed by atoms with Crippen molar-refractivity contribution in [3.63, 3.8) is 0 Å². The van der Waals surface area contributed by atoms with Crippen molar-refractivity contribution in [1.82, 2.24) is 4.98 Å². The Morgan fingerprint density at radius 1 is 1.19 bits per heavy atom. The normalized spacial score (nSPS) is 10.2. The standard InChI is InChI=1S/C11H6BrF2NO/c12-8-3-1-2-4-10(8)16-11-9(14)5-7(13)6-15-11/h1-6H. The minimum Gasteiger partial charge on any atom is -0.435 e. The highest BCUT2D eigenvalue weighted by atomic mass is 79.9. The van der Waals surface area contributed by atoms with Crippen LogP contribution in [0, 0.1) is 11.6 Å². The monoisotopic (exact) mass is 285 g/mol. The van der Waals surface area contributed by atoms with Gasteiger partial charge in [0, 0.05) is 6.07 Å². The van der Waals surface area contributed by atoms with Gasteiger partial charge in [0.05, 0.1) is 10.7 Å². The first-order valence-corrected chi connectivity index (χ1v) is 5.19. The van der Waals surface area contributed by atoms with Gasteiger partial charge in [-0.1, -0.05) is 12.1 Å². The van der Waals surface area contributed by atoms with Gasteiger partial charge < -0.3 is 4.74 Å². The van der Waals surface area contributed by atoms with E-state index < -0.39 is 11.6 Å². The second kappa shape index (κ2) is 4.57. The molecule has 0 saturated carbocycles. The molecule has 0 atom stereocenters. The van der Waals surface area contributed by atoms with Crippen molar-refractivity contribution in [3.8, 4) is 11.6 Å². The molecule has 0 bridgehead atoms. The molecule has 2 nitrogen and oxygen atoms in total. The predicted molar refractivity (Wildman–Crippen MR) is 58.4 cm³/mol. The molecule has 0 spiro atoms. The third-order valence-electron chi connectivity index (χ3n) is 1.82. The topological polar surface area (TPSA) is 22.1 Å². The number of rotatable bonds is 2. The molecule has 2 rings (SSSR count). The lowest BCUT2D eigenvalue weighted by molar-refractivity contribution is 0.415. The van der Waals surface area contributed by atoms with E-state index in [1.165, 1.54) is 0 Å². The number of ether oxygens (including phenoxy) is 1. The van der Waals surface area contributed by atoms with E-state index in [9.17, 15) is 8.78 Å². The van der Waals surface area contributed by atoms with Gasteiger partial charge >= 0.3 is 0 Å². The van der Waals surface area contributed by atoms with Gasteiger partial charge in [-0.05, 0) is 28.1 Å². The zero-order chi connectivity index (χ0) is 11.5. The molecule has 1 aromatic heterocycles. The van der Waals surface area contributed by atoms with E-state index in [1.807, 2.05) is 0 Å². The molecular weight excluding hydrogens is 280 g/mol. The summed E-state index contributed by atoms with van der Waals surface area (Å²) in [6, 6.07) is 7.65. The van der Waals surface area contributed by atoms with E-state index in [0.29, 0.717) is 10.2 Å². The molecule has 16 heavy (non-hydrogen) atoms. The van der Waals surface area contributed by atoms with Gasteiger partial charge in [-0.15, -0.1) is 0 Å². The number of nitrogens with zero attached hydrogens (tertiary/aromatic N) is 1. The largest absolute Gasteiger partial charge is 0.435 e. The number of para-hydroxylation sites is 1. The molecule has 1 aromatic carbocycles. The van der Waals surface area contributed by atoms with Crippen molar-refractivity contribution in [2.75, 3.05) is 0 Å². The Bertz CT molecular complexity index is 519. The zero-order valence-electron chi connectivity index (χ0n) is 7.95. The number of hydrogen-bond acceptors (Lipinski definition) is 2. The molecule has 0 amide bonds. The van der Waals surface area contributed by atoms with Gasteiger partial charge in [0.15, 0.2) is 5.82 Å². The molecular formula is C11H6BrF2NO. The van der Waals surface area contributed by atoms with Crippen LogP contribution in [0.1, 0.15) is 0 Å². The Morgan fingerprint density at radius 3 is 2.62 bits per heavy atom. The van der Waals surface area contributed by atoms with Crippen LogP contribution in [0.4, 0.5) is 8.78 Å². The van der Waals surface area contributed by atoms with E-state index >= 15 is 0 Å². The maximum absolute atomic E-state index is 13.2. The van der Waals surface area contributed by atoms with Crippen LogP contribution in [-0.2, 0) is 0 Å². The highest BCUT2D eigenvalue weighted by molar-refractivity contribution is 9.10. The van der Waals surface area contributed by atoms with Crippen LogP contribution < -0.4 is 4.74 Å². The third-order valence-corrected chi connectivity index (χ3v) is 2.47. The number of benzene rings is 1. The molecule has 0 saturated heterocycles. The second-order valence-electron chi connectivity index (χ2n) is 2.97. The smallest absolute Gasteiger partial charge is 0.256 e. The lowest BCUT2D eigenvalue weighted by Crippen LogP contribution is -1.93. The number of halogens is 3. The minimum absolute atomic E-state index is 0.256. The third kappa shape index (κ3) is 2.36. The summed E-state index contributed by atoms with van der Waals surface area (Å²) in [5, 5.41) is 0. The van der Waals surface area contributed by atoms with Gasteiger partial charge in [0.1, 0.15) is 11.6 Å². The highest BCUT2D eigenvalue weighted by Crippen LogP contribution is 2.29. The molecule has 0 aliphatic carbocycles. The fraction of sp³-hybridized carbons (Fsp3) is 0. The molecule has 0 unspecified atom stereocenters. The van der Waals surface area contributed by atoms with Crippen LogP contribution >= 0.6 is 15.9 Å². The summed E-state index contributed by atoms with van der Waals surface area (Å²) in [7, 11) is 0. The summed E-state index contributed by atoms with van der Waals surface area (Å²) in [4.78, 5) is 3.52. The zero-order valence-corrected chi connectivity index (χ0v) is 9.54. The van der Waals surface area contributed by atoms with Crippen LogP contribution in [0.3, 0.4) is 0 Å². The van der Waals surface area contributed by atoms with Gasteiger partial charge in [0.2, 0.25) is 0 Å². The molecule has 2 aromatic rings. The van der Waals surface area contributed by atoms with Crippen molar-refractivity contribution in [1.29, 1.82) is 0 Å². The number of aromatic nitrogens is 1. The van der Waals surface area contributed by atoms with E-state index in [-0.39, 0.29) is 5.88 Å². The lowest BCUT2D eigenvalue weighted by atomic mass is 10.3. The average molecular weight is 286 g/mol. The predicted octanol–water partition coefficient (Wildman–Crippen LogP) is 3.91. The molecule has 0 fully saturated rings. The quantitative estimate of drug-likeness (QED) is 0.835.